The third kappa shape index (κ3) is 4.54. The summed E-state index contributed by atoms with van der Waals surface area (Å²) in [5.41, 5.74) is 4.61. The van der Waals surface area contributed by atoms with Gasteiger partial charge in [0.25, 0.3) is 0 Å². The van der Waals surface area contributed by atoms with Crippen LogP contribution in [0.25, 0.3) is 0 Å². The molecule has 4 rings (SSSR count). The fraction of sp³-hybridized carbons (Fsp3) is 0.440. The van der Waals surface area contributed by atoms with Crippen LogP contribution < -0.4 is 10.2 Å². The summed E-state index contributed by atoms with van der Waals surface area (Å²) in [5, 5.41) is 2.95. The number of hydrogen-bond donors (Lipinski definition) is 1. The largest absolute Gasteiger partial charge is 0.326 e. The number of sulfonamides is 1. The van der Waals surface area contributed by atoms with Gasteiger partial charge >= 0.3 is 0 Å². The average molecular weight is 470 g/mol. The van der Waals surface area contributed by atoms with Crippen LogP contribution in [0.2, 0.25) is 0 Å². The summed E-state index contributed by atoms with van der Waals surface area (Å²) in [5.74, 6) is -0.610. The maximum absolute atomic E-state index is 13.4. The Hall–Kier alpha value is -2.71. The molecule has 2 atom stereocenters. The summed E-state index contributed by atoms with van der Waals surface area (Å²) in [4.78, 5) is 26.8. The zero-order valence-electron chi connectivity index (χ0n) is 19.6. The lowest BCUT2D eigenvalue weighted by atomic mass is 9.98. The molecule has 1 saturated heterocycles. The summed E-state index contributed by atoms with van der Waals surface area (Å²) in [7, 11) is -3.74. The molecular weight excluding hydrogens is 438 g/mol. The predicted molar refractivity (Wildman–Crippen MR) is 129 cm³/mol. The zero-order valence-corrected chi connectivity index (χ0v) is 20.4. The number of benzene rings is 2. The number of nitrogens with zero attached hydrogens (tertiary/aromatic N) is 2. The first-order valence-electron chi connectivity index (χ1n) is 11.4. The van der Waals surface area contributed by atoms with Crippen LogP contribution in [0.4, 0.5) is 11.4 Å². The van der Waals surface area contributed by atoms with Crippen molar-refractivity contribution in [2.75, 3.05) is 23.3 Å². The minimum absolute atomic E-state index is 0.00364. The predicted octanol–water partition coefficient (Wildman–Crippen LogP) is 3.64. The molecular formula is C25H31N3O4S. The van der Waals surface area contributed by atoms with Crippen LogP contribution in [0.1, 0.15) is 43.4 Å². The van der Waals surface area contributed by atoms with Crippen LogP contribution in [-0.2, 0) is 26.0 Å². The van der Waals surface area contributed by atoms with Crippen molar-refractivity contribution in [3.8, 4) is 0 Å². The molecule has 0 spiro atoms. The molecule has 2 aliphatic rings. The highest BCUT2D eigenvalue weighted by Gasteiger charge is 2.35. The second-order valence-electron chi connectivity index (χ2n) is 9.22. The van der Waals surface area contributed by atoms with Gasteiger partial charge in [0.1, 0.15) is 0 Å². The minimum Gasteiger partial charge on any atom is -0.326 e. The van der Waals surface area contributed by atoms with E-state index in [2.05, 4.69) is 5.32 Å². The van der Waals surface area contributed by atoms with Crippen LogP contribution in [-0.4, -0.2) is 43.7 Å². The molecule has 176 valence electrons. The van der Waals surface area contributed by atoms with Gasteiger partial charge in [0.05, 0.1) is 10.8 Å². The van der Waals surface area contributed by atoms with Crippen molar-refractivity contribution in [2.45, 2.75) is 57.9 Å². The molecule has 2 heterocycles. The normalized spacial score (nSPS) is 21.0. The molecule has 7 nitrogen and oxygen atoms in total. The summed E-state index contributed by atoms with van der Waals surface area (Å²) in [6.07, 6.45) is 1.90. The zero-order chi connectivity index (χ0) is 23.9. The molecule has 2 amide bonds. The summed E-state index contributed by atoms with van der Waals surface area (Å²) in [6.45, 7) is 8.04. The van der Waals surface area contributed by atoms with Crippen molar-refractivity contribution in [3.63, 3.8) is 0 Å². The Balaban J connectivity index is 1.51. The summed E-state index contributed by atoms with van der Waals surface area (Å²) in [6, 6.07) is 10.7. The SMILES string of the molecule is CC(=O)N1c2ccc(S(=O)(=O)N3CCC[C@@H](C(=O)Nc4ccc(C)c(C)c4)C3)cc2C[C@@H]1C. The summed E-state index contributed by atoms with van der Waals surface area (Å²) < 4.78 is 28.2. The number of rotatable bonds is 4. The average Bonchev–Trinajstić information content (AvgIpc) is 3.11. The molecule has 2 aliphatic heterocycles. The monoisotopic (exact) mass is 469 g/mol. The van der Waals surface area contributed by atoms with E-state index in [4.69, 9.17) is 0 Å². The maximum atomic E-state index is 13.4. The highest BCUT2D eigenvalue weighted by molar-refractivity contribution is 7.89. The van der Waals surface area contributed by atoms with E-state index < -0.39 is 15.9 Å². The number of carbonyl (C=O) groups is 2. The number of carbonyl (C=O) groups excluding carboxylic acids is 2. The lowest BCUT2D eigenvalue weighted by molar-refractivity contribution is -0.121. The number of fused-ring (bicyclic) bond motifs is 1. The molecule has 2 aromatic carbocycles. The van der Waals surface area contributed by atoms with Gasteiger partial charge in [0.15, 0.2) is 0 Å². The van der Waals surface area contributed by atoms with Gasteiger partial charge in [-0.25, -0.2) is 8.42 Å². The Morgan fingerprint density at radius 2 is 1.82 bits per heavy atom. The van der Waals surface area contributed by atoms with Gasteiger partial charge < -0.3 is 10.2 Å². The van der Waals surface area contributed by atoms with Crippen molar-refractivity contribution in [2.24, 2.45) is 5.92 Å². The second kappa shape index (κ2) is 8.91. The molecule has 0 bridgehead atoms. The number of hydrogen-bond acceptors (Lipinski definition) is 4. The summed E-state index contributed by atoms with van der Waals surface area (Å²) >= 11 is 0. The van der Waals surface area contributed by atoms with Crippen molar-refractivity contribution >= 4 is 33.2 Å². The molecule has 0 aromatic heterocycles. The van der Waals surface area contributed by atoms with E-state index in [1.54, 1.807) is 23.1 Å². The van der Waals surface area contributed by atoms with Crippen molar-refractivity contribution in [1.82, 2.24) is 4.31 Å². The van der Waals surface area contributed by atoms with E-state index in [0.717, 1.165) is 28.1 Å². The number of aryl methyl sites for hydroxylation is 2. The molecule has 0 radical (unpaired) electrons. The van der Waals surface area contributed by atoms with E-state index in [0.29, 0.717) is 25.8 Å². The quantitative estimate of drug-likeness (QED) is 0.741. The lowest BCUT2D eigenvalue weighted by Gasteiger charge is -2.31. The van der Waals surface area contributed by atoms with Crippen LogP contribution in [0.3, 0.4) is 0 Å². The fourth-order valence-corrected chi connectivity index (χ4v) is 6.41. The number of anilines is 2. The number of nitrogens with one attached hydrogen (secondary N) is 1. The maximum Gasteiger partial charge on any atom is 0.243 e. The Morgan fingerprint density at radius 1 is 1.06 bits per heavy atom. The third-order valence-electron chi connectivity index (χ3n) is 6.77. The molecule has 0 saturated carbocycles. The van der Waals surface area contributed by atoms with Crippen molar-refractivity contribution in [3.05, 3.63) is 53.1 Å². The van der Waals surface area contributed by atoms with Crippen LogP contribution in [0.15, 0.2) is 41.3 Å². The van der Waals surface area contributed by atoms with E-state index in [-0.39, 0.29) is 29.3 Å². The molecule has 1 fully saturated rings. The van der Waals surface area contributed by atoms with Gasteiger partial charge in [-0.1, -0.05) is 6.07 Å². The third-order valence-corrected chi connectivity index (χ3v) is 8.63. The highest BCUT2D eigenvalue weighted by atomic mass is 32.2. The molecule has 8 heteroatoms. The lowest BCUT2D eigenvalue weighted by Crippen LogP contribution is -2.43. The Labute approximate surface area is 195 Å². The van der Waals surface area contributed by atoms with E-state index in [9.17, 15) is 18.0 Å². The number of piperidine rings is 1. The topological polar surface area (TPSA) is 86.8 Å². The Bertz CT molecular complexity index is 1210. The smallest absolute Gasteiger partial charge is 0.243 e. The first-order valence-corrected chi connectivity index (χ1v) is 12.8. The fourth-order valence-electron chi connectivity index (χ4n) is 4.84. The first-order chi connectivity index (χ1) is 15.6. The van der Waals surface area contributed by atoms with E-state index in [1.807, 2.05) is 39.0 Å². The van der Waals surface area contributed by atoms with Gasteiger partial charge in [-0.05, 0) is 87.1 Å². The van der Waals surface area contributed by atoms with Crippen LogP contribution >= 0.6 is 0 Å². The van der Waals surface area contributed by atoms with Gasteiger partial charge in [-0.15, -0.1) is 0 Å². The van der Waals surface area contributed by atoms with Crippen LogP contribution in [0.5, 0.6) is 0 Å². The second-order valence-corrected chi connectivity index (χ2v) is 11.2. The Kier molecular flexibility index (Phi) is 6.33. The first kappa shape index (κ1) is 23.4. The number of amides is 2. The van der Waals surface area contributed by atoms with E-state index >= 15 is 0 Å². The molecule has 33 heavy (non-hydrogen) atoms. The van der Waals surface area contributed by atoms with E-state index in [1.165, 1.54) is 11.2 Å². The van der Waals surface area contributed by atoms with Crippen molar-refractivity contribution in [1.29, 1.82) is 0 Å². The van der Waals surface area contributed by atoms with Gasteiger partial charge in [-0.3, -0.25) is 9.59 Å². The van der Waals surface area contributed by atoms with Crippen molar-refractivity contribution < 1.29 is 18.0 Å². The van der Waals surface area contributed by atoms with Gasteiger partial charge in [0.2, 0.25) is 21.8 Å². The molecule has 2 aromatic rings. The minimum atomic E-state index is -3.74. The van der Waals surface area contributed by atoms with Gasteiger partial charge in [0, 0.05) is 37.4 Å². The van der Waals surface area contributed by atoms with Gasteiger partial charge in [-0.2, -0.15) is 4.31 Å². The molecule has 0 aliphatic carbocycles. The Morgan fingerprint density at radius 3 is 2.52 bits per heavy atom. The highest BCUT2D eigenvalue weighted by Crippen LogP contribution is 2.35. The molecule has 1 N–H and O–H groups in total. The molecule has 0 unspecified atom stereocenters. The standard InChI is InChI=1S/C25H31N3O4S/c1-16-7-8-22(12-17(16)2)26-25(30)20-6-5-11-27(15-20)33(31,32)23-9-10-24-21(14-23)13-18(3)28(24)19(4)29/h7-10,12,14,18,20H,5-6,11,13,15H2,1-4H3,(H,26,30)/t18-,20+/m0/s1. The van der Waals surface area contributed by atoms with Crippen LogP contribution in [0, 0.1) is 19.8 Å².